The van der Waals surface area contributed by atoms with Gasteiger partial charge in [0.1, 0.15) is 34.9 Å². The van der Waals surface area contributed by atoms with Gasteiger partial charge in [0.2, 0.25) is 5.91 Å². The summed E-state index contributed by atoms with van der Waals surface area (Å²) in [5.74, 6) is -2.28. The molecule has 0 spiro atoms. The molecule has 0 saturated carbocycles. The first-order chi connectivity index (χ1) is 20.6. The summed E-state index contributed by atoms with van der Waals surface area (Å²) in [7, 11) is -4.52. The molecule has 0 atom stereocenters. The molecule has 3 heterocycles. The maximum atomic E-state index is 14.3. The standard InChI is InChI=1S/C29H23F2N7O4S/c1-18(39)3-8-27(40)37-9-11-38(12-10-37)29-22-13-19(4-6-24(22)34-17-35-29)20-14-25(28(32-2)33-16-20)36-43(41,42)26-7-5-21(30)15-23(26)31/h3-8,13-17,36H,9-12H2,1H3/b8-3+. The number of fused-ring (bicyclic) bond motifs is 1. The van der Waals surface area contributed by atoms with Crippen LogP contribution in [0.5, 0.6) is 0 Å². The van der Waals surface area contributed by atoms with Crippen LogP contribution in [-0.2, 0) is 19.6 Å². The van der Waals surface area contributed by atoms with Gasteiger partial charge in [-0.1, -0.05) is 12.6 Å². The summed E-state index contributed by atoms with van der Waals surface area (Å²) in [6.45, 7) is 10.6. The number of carbonyl (C=O) groups excluding carboxylic acids is 2. The zero-order valence-corrected chi connectivity index (χ0v) is 23.5. The third-order valence-corrected chi connectivity index (χ3v) is 8.10. The zero-order chi connectivity index (χ0) is 30.7. The Morgan fingerprint density at radius 2 is 1.74 bits per heavy atom. The molecule has 43 heavy (non-hydrogen) atoms. The van der Waals surface area contributed by atoms with Crippen LogP contribution in [0.4, 0.5) is 26.1 Å². The van der Waals surface area contributed by atoms with Crippen molar-refractivity contribution in [1.82, 2.24) is 19.9 Å². The number of allylic oxidation sites excluding steroid dienone is 1. The van der Waals surface area contributed by atoms with Crippen molar-refractivity contribution in [2.24, 2.45) is 0 Å². The number of aromatic nitrogens is 3. The van der Waals surface area contributed by atoms with Gasteiger partial charge in [-0.15, -0.1) is 4.98 Å². The van der Waals surface area contributed by atoms with Gasteiger partial charge in [0.15, 0.2) is 5.78 Å². The quantitative estimate of drug-likeness (QED) is 0.247. The molecule has 4 aromatic rings. The van der Waals surface area contributed by atoms with Gasteiger partial charge < -0.3 is 14.6 Å². The molecule has 1 fully saturated rings. The van der Waals surface area contributed by atoms with Crippen LogP contribution >= 0.6 is 0 Å². The van der Waals surface area contributed by atoms with Gasteiger partial charge in [-0.05, 0) is 48.9 Å². The molecule has 0 unspecified atom stereocenters. The van der Waals surface area contributed by atoms with E-state index in [1.54, 1.807) is 17.0 Å². The summed E-state index contributed by atoms with van der Waals surface area (Å²) in [6, 6.07) is 8.81. The van der Waals surface area contributed by atoms with E-state index in [9.17, 15) is 26.8 Å². The largest absolute Gasteiger partial charge is 0.359 e. The lowest BCUT2D eigenvalue weighted by Crippen LogP contribution is -2.48. The Morgan fingerprint density at radius 1 is 0.977 bits per heavy atom. The van der Waals surface area contributed by atoms with E-state index in [1.807, 2.05) is 11.0 Å². The SMILES string of the molecule is [C-]#[N+]c1ncc(-c2ccc3ncnc(N4CCN(C(=O)/C=C/C(C)=O)CC4)c3c2)cc1NS(=O)(=O)c1ccc(F)cc1F. The summed E-state index contributed by atoms with van der Waals surface area (Å²) < 4.78 is 55.6. The topological polar surface area (TPSA) is 130 Å². The Hall–Kier alpha value is -5.29. The van der Waals surface area contributed by atoms with Crippen LogP contribution in [-0.4, -0.2) is 66.1 Å². The number of carbonyl (C=O) groups is 2. The van der Waals surface area contributed by atoms with Crippen LogP contribution in [0, 0.1) is 18.2 Å². The molecule has 0 bridgehead atoms. The fourth-order valence-electron chi connectivity index (χ4n) is 4.58. The average Bonchev–Trinajstić information content (AvgIpc) is 2.99. The van der Waals surface area contributed by atoms with E-state index in [0.717, 1.165) is 12.1 Å². The fourth-order valence-corrected chi connectivity index (χ4v) is 5.69. The number of anilines is 2. The number of benzene rings is 2. The molecular formula is C29H23F2N7O4S. The number of hydrogen-bond donors (Lipinski definition) is 1. The number of nitrogens with one attached hydrogen (secondary N) is 1. The smallest absolute Gasteiger partial charge is 0.293 e. The van der Waals surface area contributed by atoms with Crippen molar-refractivity contribution < 1.29 is 26.8 Å². The van der Waals surface area contributed by atoms with Crippen molar-refractivity contribution in [1.29, 1.82) is 0 Å². The Kier molecular flexibility index (Phi) is 8.09. The van der Waals surface area contributed by atoms with Crippen LogP contribution in [0.1, 0.15) is 6.92 Å². The van der Waals surface area contributed by atoms with E-state index in [0.29, 0.717) is 60.1 Å². The highest BCUT2D eigenvalue weighted by atomic mass is 32.2. The van der Waals surface area contributed by atoms with Crippen LogP contribution < -0.4 is 9.62 Å². The summed E-state index contributed by atoms with van der Waals surface area (Å²) in [5, 5.41) is 0.695. The predicted octanol–water partition coefficient (Wildman–Crippen LogP) is 4.12. The summed E-state index contributed by atoms with van der Waals surface area (Å²) >= 11 is 0. The van der Waals surface area contributed by atoms with E-state index >= 15 is 0 Å². The van der Waals surface area contributed by atoms with Crippen LogP contribution in [0.2, 0.25) is 0 Å². The van der Waals surface area contributed by atoms with E-state index in [2.05, 4.69) is 24.5 Å². The maximum absolute atomic E-state index is 14.3. The minimum atomic E-state index is -4.52. The highest BCUT2D eigenvalue weighted by Crippen LogP contribution is 2.34. The average molecular weight is 604 g/mol. The van der Waals surface area contributed by atoms with Crippen molar-refractivity contribution in [3.05, 3.63) is 90.2 Å². The van der Waals surface area contributed by atoms with Crippen molar-refractivity contribution in [3.8, 4) is 11.1 Å². The van der Waals surface area contributed by atoms with Gasteiger partial charge in [-0.25, -0.2) is 27.2 Å². The Morgan fingerprint density at radius 3 is 2.44 bits per heavy atom. The van der Waals surface area contributed by atoms with E-state index < -0.39 is 26.6 Å². The minimum absolute atomic E-state index is 0.180. The number of rotatable bonds is 7. The molecule has 1 aliphatic rings. The molecule has 2 aromatic heterocycles. The number of piperazine rings is 1. The van der Waals surface area contributed by atoms with Crippen LogP contribution in [0.3, 0.4) is 0 Å². The molecule has 2 aromatic carbocycles. The Balaban J connectivity index is 1.44. The van der Waals surface area contributed by atoms with Crippen LogP contribution in [0.25, 0.3) is 26.9 Å². The van der Waals surface area contributed by atoms with E-state index in [-0.39, 0.29) is 23.2 Å². The molecule has 1 N–H and O–H groups in total. The number of ketones is 1. The minimum Gasteiger partial charge on any atom is -0.359 e. The molecule has 0 aliphatic carbocycles. The molecular weight excluding hydrogens is 580 g/mol. The monoisotopic (exact) mass is 603 g/mol. The molecule has 11 nitrogen and oxygen atoms in total. The highest BCUT2D eigenvalue weighted by Gasteiger charge is 2.24. The predicted molar refractivity (Wildman–Crippen MR) is 155 cm³/mol. The van der Waals surface area contributed by atoms with Crippen LogP contribution in [0.15, 0.2) is 72.0 Å². The summed E-state index contributed by atoms with van der Waals surface area (Å²) in [4.78, 5) is 42.6. The Labute approximate surface area is 245 Å². The lowest BCUT2D eigenvalue weighted by Gasteiger charge is -2.35. The zero-order valence-electron chi connectivity index (χ0n) is 22.7. The maximum Gasteiger partial charge on any atom is 0.293 e. The lowest BCUT2D eigenvalue weighted by molar-refractivity contribution is -0.126. The first kappa shape index (κ1) is 29.2. The van der Waals surface area contributed by atoms with Crippen molar-refractivity contribution in [2.75, 3.05) is 35.8 Å². The first-order valence-corrected chi connectivity index (χ1v) is 14.4. The molecule has 1 aliphatic heterocycles. The van der Waals surface area contributed by atoms with Crippen molar-refractivity contribution >= 4 is 49.9 Å². The molecule has 1 amide bonds. The Bertz CT molecular complexity index is 1940. The second kappa shape index (κ2) is 11.9. The molecule has 218 valence electrons. The summed E-state index contributed by atoms with van der Waals surface area (Å²) in [6.07, 6.45) is 5.36. The van der Waals surface area contributed by atoms with Gasteiger partial charge in [0.25, 0.3) is 15.8 Å². The second-order valence-corrected chi connectivity index (χ2v) is 11.2. The molecule has 5 rings (SSSR count). The third kappa shape index (κ3) is 6.31. The van der Waals surface area contributed by atoms with Gasteiger partial charge >= 0.3 is 0 Å². The normalized spacial score (nSPS) is 13.7. The second-order valence-electron chi connectivity index (χ2n) is 9.57. The van der Waals surface area contributed by atoms with Crippen molar-refractivity contribution in [2.45, 2.75) is 11.8 Å². The number of nitrogens with zero attached hydrogens (tertiary/aromatic N) is 6. The molecule has 0 radical (unpaired) electrons. The molecule has 1 saturated heterocycles. The van der Waals surface area contributed by atoms with E-state index in [4.69, 9.17) is 6.57 Å². The third-order valence-electron chi connectivity index (χ3n) is 6.70. The van der Waals surface area contributed by atoms with E-state index in [1.165, 1.54) is 37.7 Å². The van der Waals surface area contributed by atoms with Crippen molar-refractivity contribution in [3.63, 3.8) is 0 Å². The number of sulfonamides is 1. The fraction of sp³-hybridized carbons (Fsp3) is 0.172. The number of hydrogen-bond acceptors (Lipinski definition) is 8. The summed E-state index contributed by atoms with van der Waals surface area (Å²) in [5.41, 5.74) is 1.54. The van der Waals surface area contributed by atoms with Gasteiger partial charge in [-0.2, -0.15) is 0 Å². The molecule has 14 heteroatoms. The lowest BCUT2D eigenvalue weighted by atomic mass is 10.0. The van der Waals surface area contributed by atoms with Gasteiger partial charge in [0, 0.05) is 49.3 Å². The first-order valence-electron chi connectivity index (χ1n) is 12.9. The number of pyridine rings is 1. The number of amides is 1. The highest BCUT2D eigenvalue weighted by molar-refractivity contribution is 7.92. The van der Waals surface area contributed by atoms with Gasteiger partial charge in [-0.3, -0.25) is 14.3 Å². The number of halogens is 2. The van der Waals surface area contributed by atoms with Gasteiger partial charge in [0.05, 0.1) is 11.2 Å².